The summed E-state index contributed by atoms with van der Waals surface area (Å²) in [6.07, 6.45) is 7.97. The third-order valence-corrected chi connectivity index (χ3v) is 6.94. The van der Waals surface area contributed by atoms with Gasteiger partial charge < -0.3 is 25.2 Å². The molecule has 6 rings (SSSR count). The number of anilines is 1. The summed E-state index contributed by atoms with van der Waals surface area (Å²) in [6, 6.07) is 17.8. The Morgan fingerprint density at radius 3 is 2.79 bits per heavy atom. The van der Waals surface area contributed by atoms with E-state index in [1.54, 1.807) is 18.5 Å². The molecule has 0 radical (unpaired) electrons. The molecular weight excluding hydrogens is 476 g/mol. The lowest BCUT2D eigenvalue weighted by molar-refractivity contribution is -0.110. The molecule has 1 aliphatic rings. The molecule has 1 amide bonds. The molecule has 190 valence electrons. The van der Waals surface area contributed by atoms with Crippen LogP contribution in [0.3, 0.4) is 0 Å². The van der Waals surface area contributed by atoms with Crippen LogP contribution in [-0.4, -0.2) is 28.5 Å². The van der Waals surface area contributed by atoms with E-state index in [1.807, 2.05) is 62.5 Å². The van der Waals surface area contributed by atoms with Crippen LogP contribution in [0.5, 0.6) is 5.75 Å². The number of nitrogens with zero attached hydrogens (tertiary/aromatic N) is 1. The molecule has 3 aromatic heterocycles. The highest BCUT2D eigenvalue weighted by Gasteiger charge is 2.25. The Kier molecular flexibility index (Phi) is 6.05. The zero-order valence-corrected chi connectivity index (χ0v) is 21.2. The minimum absolute atomic E-state index is 0.150. The van der Waals surface area contributed by atoms with Crippen LogP contribution in [0.1, 0.15) is 28.2 Å². The van der Waals surface area contributed by atoms with Crippen molar-refractivity contribution in [3.63, 3.8) is 0 Å². The highest BCUT2D eigenvalue weighted by molar-refractivity contribution is 6.35. The van der Waals surface area contributed by atoms with Crippen molar-refractivity contribution in [2.75, 3.05) is 11.9 Å². The summed E-state index contributed by atoms with van der Waals surface area (Å²) in [5, 5.41) is 4.12. The number of aromatic nitrogens is 2. The Balaban J connectivity index is 1.19. The van der Waals surface area contributed by atoms with Crippen molar-refractivity contribution in [2.45, 2.75) is 26.3 Å². The maximum atomic E-state index is 12.7. The lowest BCUT2D eigenvalue weighted by atomic mass is 10.00. The molecule has 4 N–H and O–H groups in total. The first-order chi connectivity index (χ1) is 18.4. The van der Waals surface area contributed by atoms with E-state index in [-0.39, 0.29) is 11.9 Å². The number of nitrogens with one attached hydrogen (secondary N) is 2. The second-order valence-electron chi connectivity index (χ2n) is 9.70. The van der Waals surface area contributed by atoms with Gasteiger partial charge in [0.15, 0.2) is 0 Å². The van der Waals surface area contributed by atoms with Gasteiger partial charge in [-0.05, 0) is 73.4 Å². The lowest BCUT2D eigenvalue weighted by Gasteiger charge is -2.13. The number of ether oxygens (including phenoxy) is 1. The molecule has 1 atom stereocenters. The summed E-state index contributed by atoms with van der Waals surface area (Å²) in [7, 11) is 0. The van der Waals surface area contributed by atoms with Crippen molar-refractivity contribution in [1.29, 1.82) is 0 Å². The molecule has 0 bridgehead atoms. The Morgan fingerprint density at radius 2 is 1.95 bits per heavy atom. The Bertz CT molecular complexity index is 1680. The van der Waals surface area contributed by atoms with Crippen molar-refractivity contribution in [1.82, 2.24) is 9.97 Å². The van der Waals surface area contributed by atoms with E-state index in [9.17, 15) is 4.79 Å². The summed E-state index contributed by atoms with van der Waals surface area (Å²) in [6.45, 7) is 4.26. The largest absolute Gasteiger partial charge is 0.490 e. The Hall–Kier alpha value is -4.62. The summed E-state index contributed by atoms with van der Waals surface area (Å²) < 4.78 is 11.8. The van der Waals surface area contributed by atoms with Gasteiger partial charge in [0.05, 0.1) is 11.8 Å². The van der Waals surface area contributed by atoms with Gasteiger partial charge in [0.2, 0.25) is 0 Å². The predicted octanol–water partition coefficient (Wildman–Crippen LogP) is 5.88. The average molecular weight is 505 g/mol. The normalized spacial score (nSPS) is 14.6. The predicted molar refractivity (Wildman–Crippen MR) is 150 cm³/mol. The van der Waals surface area contributed by atoms with Crippen molar-refractivity contribution >= 4 is 34.1 Å². The minimum atomic E-state index is -0.170. The van der Waals surface area contributed by atoms with Gasteiger partial charge in [0.1, 0.15) is 23.9 Å². The number of hydrogen-bond acceptors (Lipinski definition) is 5. The molecule has 2 aromatic carbocycles. The Morgan fingerprint density at radius 1 is 1.08 bits per heavy atom. The third-order valence-electron chi connectivity index (χ3n) is 6.94. The highest BCUT2D eigenvalue weighted by atomic mass is 16.5. The molecule has 0 saturated carbocycles. The van der Waals surface area contributed by atoms with Crippen LogP contribution in [-0.2, 0) is 11.2 Å². The number of fused-ring (bicyclic) bond motifs is 2. The number of benzene rings is 2. The van der Waals surface area contributed by atoms with E-state index in [0.29, 0.717) is 30.1 Å². The van der Waals surface area contributed by atoms with Gasteiger partial charge >= 0.3 is 0 Å². The van der Waals surface area contributed by atoms with Crippen molar-refractivity contribution in [2.24, 2.45) is 5.73 Å². The second-order valence-corrected chi connectivity index (χ2v) is 9.70. The van der Waals surface area contributed by atoms with E-state index >= 15 is 0 Å². The lowest BCUT2D eigenvalue weighted by Crippen LogP contribution is -2.30. The van der Waals surface area contributed by atoms with Gasteiger partial charge in [-0.2, -0.15) is 0 Å². The molecule has 0 fully saturated rings. The number of para-hydroxylation sites is 1. The Labute approximate surface area is 220 Å². The summed E-state index contributed by atoms with van der Waals surface area (Å²) >= 11 is 0. The van der Waals surface area contributed by atoms with Crippen LogP contribution in [0.4, 0.5) is 5.69 Å². The number of aromatic amines is 1. The van der Waals surface area contributed by atoms with Crippen LogP contribution in [0, 0.1) is 13.8 Å². The maximum absolute atomic E-state index is 12.7. The van der Waals surface area contributed by atoms with Gasteiger partial charge in [-0.15, -0.1) is 0 Å². The number of nitrogens with two attached hydrogens (primary N) is 1. The molecule has 7 heteroatoms. The van der Waals surface area contributed by atoms with Gasteiger partial charge in [0, 0.05) is 46.2 Å². The number of rotatable bonds is 7. The van der Waals surface area contributed by atoms with Gasteiger partial charge in [0.25, 0.3) is 5.91 Å². The summed E-state index contributed by atoms with van der Waals surface area (Å²) in [5.41, 5.74) is 13.7. The van der Waals surface area contributed by atoms with Gasteiger partial charge in [-0.1, -0.05) is 24.3 Å². The molecule has 4 heterocycles. The van der Waals surface area contributed by atoms with Crippen molar-refractivity contribution < 1.29 is 13.9 Å². The van der Waals surface area contributed by atoms with Crippen molar-refractivity contribution in [3.05, 3.63) is 101 Å². The second kappa shape index (κ2) is 9.68. The van der Waals surface area contributed by atoms with E-state index in [2.05, 4.69) is 27.4 Å². The number of aryl methyl sites for hydroxylation is 2. The first-order valence-corrected chi connectivity index (χ1v) is 12.6. The quantitative estimate of drug-likeness (QED) is 0.240. The molecular formula is C31H28N4O3. The number of H-pyrrole nitrogens is 1. The highest BCUT2D eigenvalue weighted by Crippen LogP contribution is 2.37. The van der Waals surface area contributed by atoms with Crippen LogP contribution in [0.2, 0.25) is 0 Å². The molecule has 0 saturated heterocycles. The smallest absolute Gasteiger partial charge is 0.256 e. The fourth-order valence-electron chi connectivity index (χ4n) is 4.83. The standard InChI is InChI=1S/C31H28N4O3/c1-18-9-24(38-19(18)2)13-28-27-12-20(7-8-30(27)35-31(28)36)21-11-25(16-33-14-21)37-17-23(32)10-22-15-34-29-6-4-3-5-26(22)29/h3-9,11-16,23,34H,10,17,32H2,1-2H3,(H,35,36)/t23-/m1/s1. The monoisotopic (exact) mass is 504 g/mol. The fourth-order valence-corrected chi connectivity index (χ4v) is 4.83. The summed E-state index contributed by atoms with van der Waals surface area (Å²) in [4.78, 5) is 20.4. The van der Waals surface area contributed by atoms with E-state index in [0.717, 1.165) is 39.2 Å². The number of carbonyl (C=O) groups is 1. The average Bonchev–Trinajstić information content (AvgIpc) is 3.57. The van der Waals surface area contributed by atoms with E-state index < -0.39 is 0 Å². The number of hydrogen-bond donors (Lipinski definition) is 3. The number of pyridine rings is 1. The topological polar surface area (TPSA) is 106 Å². The van der Waals surface area contributed by atoms with Crippen LogP contribution in [0.25, 0.3) is 33.7 Å². The third kappa shape index (κ3) is 4.60. The molecule has 1 aliphatic heterocycles. The zero-order chi connectivity index (χ0) is 26.2. The minimum Gasteiger partial charge on any atom is -0.490 e. The number of amides is 1. The molecule has 0 unspecified atom stereocenters. The molecule has 38 heavy (non-hydrogen) atoms. The number of furan rings is 1. The van der Waals surface area contributed by atoms with Crippen molar-refractivity contribution in [3.8, 4) is 16.9 Å². The summed E-state index contributed by atoms with van der Waals surface area (Å²) in [5.74, 6) is 1.99. The fraction of sp³-hybridized carbons (Fsp3) is 0.161. The van der Waals surface area contributed by atoms with Crippen LogP contribution < -0.4 is 15.8 Å². The first kappa shape index (κ1) is 23.8. The van der Waals surface area contributed by atoms with E-state index in [1.165, 1.54) is 10.9 Å². The molecule has 5 aromatic rings. The van der Waals surface area contributed by atoms with Crippen LogP contribution in [0.15, 0.2) is 77.6 Å². The molecule has 0 spiro atoms. The number of carbonyl (C=O) groups excluding carboxylic acids is 1. The van der Waals surface area contributed by atoms with Crippen LogP contribution >= 0.6 is 0 Å². The van der Waals surface area contributed by atoms with Gasteiger partial charge in [-0.25, -0.2) is 0 Å². The van der Waals surface area contributed by atoms with Gasteiger partial charge in [-0.3, -0.25) is 9.78 Å². The zero-order valence-electron chi connectivity index (χ0n) is 21.2. The first-order valence-electron chi connectivity index (χ1n) is 12.6. The molecule has 7 nitrogen and oxygen atoms in total. The maximum Gasteiger partial charge on any atom is 0.256 e. The molecule has 0 aliphatic carbocycles. The van der Waals surface area contributed by atoms with E-state index in [4.69, 9.17) is 14.9 Å². The SMILES string of the molecule is Cc1cc(C=C2C(=O)Nc3ccc(-c4cncc(OC[C@H](N)Cc5c[nH]c6ccccc56)c4)cc32)oc1C.